The normalized spacial score (nSPS) is 13.1. The van der Waals surface area contributed by atoms with Gasteiger partial charge in [0.15, 0.2) is 5.16 Å². The van der Waals surface area contributed by atoms with Crippen molar-refractivity contribution in [3.8, 4) is 0 Å². The van der Waals surface area contributed by atoms with Crippen LogP contribution in [0.5, 0.6) is 0 Å². The van der Waals surface area contributed by atoms with E-state index in [-0.39, 0.29) is 23.8 Å². The molecule has 3 aromatic rings. The third kappa shape index (κ3) is 8.04. The number of nitrogens with two attached hydrogens (primary N) is 1. The minimum atomic E-state index is -4.57. The molecule has 0 spiro atoms. The Bertz CT molecular complexity index is 1160. The molecule has 2 heterocycles. The summed E-state index contributed by atoms with van der Waals surface area (Å²) in [5.41, 5.74) is 6.63. The van der Waals surface area contributed by atoms with Crippen molar-refractivity contribution in [2.24, 2.45) is 5.73 Å². The quantitative estimate of drug-likeness (QED) is 0.283. The molecule has 0 bridgehead atoms. The minimum absolute atomic E-state index is 0.0601. The number of aliphatic carboxylic acids is 1. The fourth-order valence-electron chi connectivity index (χ4n) is 3.08. The maximum absolute atomic E-state index is 12.8. The Morgan fingerprint density at radius 3 is 2.40 bits per heavy atom. The summed E-state index contributed by atoms with van der Waals surface area (Å²) in [6, 6.07) is 12.6. The molecule has 8 nitrogen and oxygen atoms in total. The van der Waals surface area contributed by atoms with Gasteiger partial charge in [-0.2, -0.15) is 13.2 Å². The topological polar surface area (TPSA) is 131 Å². The van der Waals surface area contributed by atoms with Crippen molar-refractivity contribution in [1.29, 1.82) is 0 Å². The summed E-state index contributed by atoms with van der Waals surface area (Å²) in [5.74, 6) is -1.68. The highest BCUT2D eigenvalue weighted by molar-refractivity contribution is 7.98. The van der Waals surface area contributed by atoms with E-state index >= 15 is 0 Å². The Morgan fingerprint density at radius 1 is 1.00 bits per heavy atom. The number of carboxylic acids is 1. The molecule has 0 aliphatic carbocycles. The molecule has 0 saturated carbocycles. The molecule has 0 radical (unpaired) electrons. The van der Waals surface area contributed by atoms with Crippen LogP contribution in [0.4, 0.5) is 13.2 Å². The molecule has 3 rings (SSSR count). The second-order valence-electron chi connectivity index (χ2n) is 7.53. The molecular formula is C23H22F3N5O3S. The Labute approximate surface area is 203 Å². The van der Waals surface area contributed by atoms with Crippen molar-refractivity contribution in [3.63, 3.8) is 0 Å². The van der Waals surface area contributed by atoms with E-state index in [1.807, 2.05) is 30.3 Å². The first-order chi connectivity index (χ1) is 16.6. The molecule has 0 aliphatic heterocycles. The molecule has 2 aromatic heterocycles. The highest BCUT2D eigenvalue weighted by Crippen LogP contribution is 2.29. The molecule has 0 fully saturated rings. The second-order valence-corrected chi connectivity index (χ2v) is 8.47. The molecule has 1 unspecified atom stereocenters. The van der Waals surface area contributed by atoms with Gasteiger partial charge in [-0.15, -0.1) is 0 Å². The van der Waals surface area contributed by atoms with Crippen molar-refractivity contribution >= 4 is 23.6 Å². The Hall–Kier alpha value is -3.51. The number of alkyl halides is 3. The number of carboxylic acid groups (broad SMARTS) is 1. The number of amides is 1. The SMILES string of the molecule is N[C@@H](Cc1ccccc1)C(=O)NC(Cc1cccc(CSc2nccc(C(F)(F)F)n2)n1)C(=O)O. The summed E-state index contributed by atoms with van der Waals surface area (Å²) < 4.78 is 38.5. The van der Waals surface area contributed by atoms with Gasteiger partial charge in [-0.1, -0.05) is 48.2 Å². The van der Waals surface area contributed by atoms with Crippen molar-refractivity contribution in [2.45, 2.75) is 42.0 Å². The molecule has 2 atom stereocenters. The number of pyridine rings is 1. The van der Waals surface area contributed by atoms with Gasteiger partial charge in [0.25, 0.3) is 0 Å². The van der Waals surface area contributed by atoms with E-state index in [0.717, 1.165) is 29.6 Å². The summed E-state index contributed by atoms with van der Waals surface area (Å²) in [7, 11) is 0. The van der Waals surface area contributed by atoms with Crippen molar-refractivity contribution in [2.75, 3.05) is 0 Å². The lowest BCUT2D eigenvalue weighted by molar-refractivity contribution is -0.142. The van der Waals surface area contributed by atoms with E-state index < -0.39 is 35.8 Å². The van der Waals surface area contributed by atoms with Crippen LogP contribution >= 0.6 is 11.8 Å². The summed E-state index contributed by atoms with van der Waals surface area (Å²) >= 11 is 0.966. The van der Waals surface area contributed by atoms with Crippen LogP contribution < -0.4 is 11.1 Å². The van der Waals surface area contributed by atoms with Crippen molar-refractivity contribution in [1.82, 2.24) is 20.3 Å². The summed E-state index contributed by atoms with van der Waals surface area (Å²) in [4.78, 5) is 35.9. The Morgan fingerprint density at radius 2 is 1.71 bits per heavy atom. The monoisotopic (exact) mass is 505 g/mol. The molecule has 12 heteroatoms. The standard InChI is InChI=1S/C23H22F3N5O3S/c24-23(25,26)19-9-10-28-22(31-19)35-13-16-8-4-7-15(29-16)12-18(21(33)34)30-20(32)17(27)11-14-5-2-1-3-6-14/h1-10,17-18H,11-13,27H2,(H,30,32)(H,33,34)/t17-,18?/m0/s1. The number of carbonyl (C=O) groups is 2. The lowest BCUT2D eigenvalue weighted by Gasteiger charge is -2.18. The summed E-state index contributed by atoms with van der Waals surface area (Å²) in [6.45, 7) is 0. The van der Waals surface area contributed by atoms with Crippen LogP contribution in [0.2, 0.25) is 0 Å². The summed E-state index contributed by atoms with van der Waals surface area (Å²) in [6.07, 6.45) is -3.39. The molecule has 35 heavy (non-hydrogen) atoms. The number of nitrogens with zero attached hydrogens (tertiary/aromatic N) is 3. The van der Waals surface area contributed by atoms with E-state index in [4.69, 9.17) is 5.73 Å². The third-order valence-electron chi connectivity index (χ3n) is 4.80. The number of thioether (sulfide) groups is 1. The zero-order chi connectivity index (χ0) is 25.4. The molecule has 0 aliphatic rings. The van der Waals surface area contributed by atoms with Gasteiger partial charge >= 0.3 is 12.1 Å². The van der Waals surface area contributed by atoms with Crippen LogP contribution in [-0.2, 0) is 34.4 Å². The zero-order valence-corrected chi connectivity index (χ0v) is 19.1. The molecular weight excluding hydrogens is 483 g/mol. The van der Waals surface area contributed by atoms with Gasteiger partial charge < -0.3 is 16.2 Å². The van der Waals surface area contributed by atoms with Gasteiger partial charge in [-0.05, 0) is 30.2 Å². The first kappa shape index (κ1) is 26.1. The van der Waals surface area contributed by atoms with Crippen LogP contribution in [0, 0.1) is 0 Å². The average Bonchev–Trinajstić information content (AvgIpc) is 2.83. The largest absolute Gasteiger partial charge is 0.480 e. The van der Waals surface area contributed by atoms with Crippen LogP contribution in [0.15, 0.2) is 66.0 Å². The Balaban J connectivity index is 1.61. The number of carbonyl (C=O) groups excluding carboxylic acids is 1. The molecule has 0 saturated heterocycles. The number of halogens is 3. The van der Waals surface area contributed by atoms with Crippen LogP contribution in [0.1, 0.15) is 22.6 Å². The highest BCUT2D eigenvalue weighted by Gasteiger charge is 2.32. The van der Waals surface area contributed by atoms with Crippen LogP contribution in [0.25, 0.3) is 0 Å². The number of hydrogen-bond acceptors (Lipinski definition) is 7. The third-order valence-corrected chi connectivity index (χ3v) is 5.70. The van der Waals surface area contributed by atoms with Gasteiger partial charge in [0.1, 0.15) is 11.7 Å². The number of benzene rings is 1. The zero-order valence-electron chi connectivity index (χ0n) is 18.3. The maximum Gasteiger partial charge on any atom is 0.433 e. The Kier molecular flexibility index (Phi) is 8.77. The highest BCUT2D eigenvalue weighted by atomic mass is 32.2. The maximum atomic E-state index is 12.8. The number of rotatable bonds is 10. The predicted octanol–water partition coefficient (Wildman–Crippen LogP) is 2.86. The van der Waals surface area contributed by atoms with Crippen LogP contribution in [0.3, 0.4) is 0 Å². The van der Waals surface area contributed by atoms with Gasteiger partial charge in [-0.25, -0.2) is 14.8 Å². The van der Waals surface area contributed by atoms with E-state index in [1.54, 1.807) is 18.2 Å². The van der Waals surface area contributed by atoms with Gasteiger partial charge in [0, 0.05) is 24.1 Å². The number of nitrogens with one attached hydrogen (secondary N) is 1. The molecule has 4 N–H and O–H groups in total. The first-order valence-corrected chi connectivity index (χ1v) is 11.4. The van der Waals surface area contributed by atoms with Gasteiger partial charge in [0.2, 0.25) is 5.91 Å². The lowest BCUT2D eigenvalue weighted by atomic mass is 10.0. The van der Waals surface area contributed by atoms with Crippen molar-refractivity contribution in [3.05, 3.63) is 83.4 Å². The first-order valence-electron chi connectivity index (χ1n) is 10.4. The number of aromatic nitrogens is 3. The van der Waals surface area contributed by atoms with Crippen LogP contribution in [-0.4, -0.2) is 44.0 Å². The second kappa shape index (κ2) is 11.8. The fourth-order valence-corrected chi connectivity index (χ4v) is 3.81. The summed E-state index contributed by atoms with van der Waals surface area (Å²) in [5, 5.41) is 12.0. The fraction of sp³-hybridized carbons (Fsp3) is 0.261. The predicted molar refractivity (Wildman–Crippen MR) is 122 cm³/mol. The number of hydrogen-bond donors (Lipinski definition) is 3. The minimum Gasteiger partial charge on any atom is -0.480 e. The smallest absolute Gasteiger partial charge is 0.433 e. The van der Waals surface area contributed by atoms with Crippen molar-refractivity contribution < 1.29 is 27.9 Å². The van der Waals surface area contributed by atoms with E-state index in [0.29, 0.717) is 11.4 Å². The molecule has 1 amide bonds. The lowest BCUT2D eigenvalue weighted by Crippen LogP contribution is -2.50. The van der Waals surface area contributed by atoms with E-state index in [9.17, 15) is 27.9 Å². The van der Waals surface area contributed by atoms with E-state index in [1.165, 1.54) is 0 Å². The average molecular weight is 506 g/mol. The van der Waals surface area contributed by atoms with Gasteiger partial charge in [0.05, 0.1) is 11.7 Å². The van der Waals surface area contributed by atoms with Gasteiger partial charge in [-0.3, -0.25) is 9.78 Å². The molecule has 1 aromatic carbocycles. The van der Waals surface area contributed by atoms with E-state index in [2.05, 4.69) is 20.3 Å². The molecule has 184 valence electrons.